The molecule has 0 N–H and O–H groups in total. The van der Waals surface area contributed by atoms with E-state index in [0.29, 0.717) is 4.88 Å². The maximum absolute atomic E-state index is 11.3. The van der Waals surface area contributed by atoms with Crippen LogP contribution in [0.3, 0.4) is 0 Å². The van der Waals surface area contributed by atoms with Crippen LogP contribution in [0.1, 0.15) is 22.2 Å². The van der Waals surface area contributed by atoms with Gasteiger partial charge in [-0.3, -0.25) is 4.98 Å². The maximum atomic E-state index is 11.3. The van der Waals surface area contributed by atoms with Crippen LogP contribution < -0.4 is 0 Å². The molecule has 17 heavy (non-hydrogen) atoms. The number of aryl methyl sites for hydroxylation is 1. The molecule has 0 atom stereocenters. The Labute approximate surface area is 103 Å². The largest absolute Gasteiger partial charge is 0.465 e. The first-order chi connectivity index (χ1) is 8.26. The van der Waals surface area contributed by atoms with Crippen molar-refractivity contribution in [2.45, 2.75) is 13.3 Å². The van der Waals surface area contributed by atoms with Crippen molar-refractivity contribution in [2.75, 3.05) is 7.11 Å². The minimum absolute atomic E-state index is 0.346. The van der Waals surface area contributed by atoms with Crippen molar-refractivity contribution in [3.05, 3.63) is 35.1 Å². The van der Waals surface area contributed by atoms with Gasteiger partial charge in [0.25, 0.3) is 0 Å². The van der Waals surface area contributed by atoms with Crippen LogP contribution in [-0.4, -0.2) is 23.0 Å². The zero-order valence-corrected chi connectivity index (χ0v) is 10.5. The van der Waals surface area contributed by atoms with Gasteiger partial charge in [-0.25, -0.2) is 9.78 Å². The molecule has 0 aliphatic rings. The summed E-state index contributed by atoms with van der Waals surface area (Å²) in [5, 5.41) is 0.824. The molecule has 0 unspecified atom stereocenters. The van der Waals surface area contributed by atoms with Crippen molar-refractivity contribution in [3.8, 4) is 10.6 Å². The summed E-state index contributed by atoms with van der Waals surface area (Å²) >= 11 is 1.33. The molecule has 0 saturated carbocycles. The average Bonchev–Trinajstić information content (AvgIpc) is 2.87. The molecule has 2 aromatic rings. The molecular formula is C12H12N2O2S. The van der Waals surface area contributed by atoms with Gasteiger partial charge in [-0.1, -0.05) is 6.92 Å². The Morgan fingerprint density at radius 2 is 2.29 bits per heavy atom. The summed E-state index contributed by atoms with van der Waals surface area (Å²) in [5.74, 6) is -0.346. The fourth-order valence-corrected chi connectivity index (χ4v) is 2.41. The Morgan fingerprint density at radius 3 is 3.00 bits per heavy atom. The van der Waals surface area contributed by atoms with Gasteiger partial charge in [0.2, 0.25) is 0 Å². The molecule has 0 bridgehead atoms. The van der Waals surface area contributed by atoms with Crippen molar-refractivity contribution >= 4 is 17.3 Å². The molecule has 0 aliphatic heterocycles. The number of methoxy groups -OCH3 is 1. The number of aromatic nitrogens is 2. The van der Waals surface area contributed by atoms with Gasteiger partial charge in [-0.15, -0.1) is 11.3 Å². The number of rotatable bonds is 3. The molecule has 2 rings (SSSR count). The normalized spacial score (nSPS) is 10.2. The zero-order valence-electron chi connectivity index (χ0n) is 9.64. The van der Waals surface area contributed by atoms with E-state index in [4.69, 9.17) is 0 Å². The predicted molar refractivity (Wildman–Crippen MR) is 66.1 cm³/mol. The molecule has 2 aromatic heterocycles. The van der Waals surface area contributed by atoms with Crippen LogP contribution >= 0.6 is 11.3 Å². The number of carbonyl (C=O) groups is 1. The first-order valence-corrected chi connectivity index (χ1v) is 6.05. The van der Waals surface area contributed by atoms with Crippen LogP contribution in [0.15, 0.2) is 24.7 Å². The lowest BCUT2D eigenvalue weighted by atomic mass is 10.1. The minimum Gasteiger partial charge on any atom is -0.465 e. The Kier molecular flexibility index (Phi) is 3.49. The smallest absolute Gasteiger partial charge is 0.349 e. The van der Waals surface area contributed by atoms with Crippen molar-refractivity contribution in [1.29, 1.82) is 0 Å². The minimum atomic E-state index is -0.346. The highest BCUT2D eigenvalue weighted by Gasteiger charge is 2.13. The number of carbonyl (C=O) groups excluding carboxylic acids is 1. The molecule has 0 radical (unpaired) electrons. The van der Waals surface area contributed by atoms with Gasteiger partial charge in [0.15, 0.2) is 0 Å². The third kappa shape index (κ3) is 2.34. The number of thiazole rings is 1. The summed E-state index contributed by atoms with van der Waals surface area (Å²) in [5.41, 5.74) is 2.15. The van der Waals surface area contributed by atoms with Gasteiger partial charge in [0.1, 0.15) is 9.88 Å². The summed E-state index contributed by atoms with van der Waals surface area (Å²) in [6.07, 6.45) is 5.99. The number of hydrogen-bond donors (Lipinski definition) is 0. The molecule has 5 heteroatoms. The van der Waals surface area contributed by atoms with E-state index in [2.05, 4.69) is 21.6 Å². The Balaban J connectivity index is 2.40. The molecule has 0 amide bonds. The van der Waals surface area contributed by atoms with E-state index in [1.54, 1.807) is 12.4 Å². The lowest BCUT2D eigenvalue weighted by Crippen LogP contribution is -1.96. The molecule has 0 aromatic carbocycles. The van der Waals surface area contributed by atoms with Crippen molar-refractivity contribution < 1.29 is 9.53 Å². The Bertz CT molecular complexity index is 537. The van der Waals surface area contributed by atoms with Crippen LogP contribution in [0.5, 0.6) is 0 Å². The van der Waals surface area contributed by atoms with Gasteiger partial charge in [-0.05, 0) is 18.1 Å². The fourth-order valence-electron chi connectivity index (χ4n) is 1.51. The number of hydrogen-bond acceptors (Lipinski definition) is 5. The summed E-state index contributed by atoms with van der Waals surface area (Å²) in [4.78, 5) is 20.2. The van der Waals surface area contributed by atoms with E-state index < -0.39 is 0 Å². The van der Waals surface area contributed by atoms with E-state index in [1.807, 2.05) is 12.3 Å². The van der Waals surface area contributed by atoms with E-state index in [1.165, 1.54) is 18.4 Å². The van der Waals surface area contributed by atoms with Crippen molar-refractivity contribution in [1.82, 2.24) is 9.97 Å². The van der Waals surface area contributed by atoms with Crippen molar-refractivity contribution in [2.24, 2.45) is 0 Å². The van der Waals surface area contributed by atoms with Gasteiger partial charge in [-0.2, -0.15) is 0 Å². The van der Waals surface area contributed by atoms with Crippen LogP contribution in [0.4, 0.5) is 0 Å². The number of ether oxygens (including phenoxy) is 1. The van der Waals surface area contributed by atoms with Gasteiger partial charge >= 0.3 is 5.97 Å². The molecule has 0 spiro atoms. The van der Waals surface area contributed by atoms with Crippen LogP contribution in [-0.2, 0) is 11.2 Å². The van der Waals surface area contributed by atoms with Crippen LogP contribution in [0, 0.1) is 0 Å². The topological polar surface area (TPSA) is 52.1 Å². The summed E-state index contributed by atoms with van der Waals surface area (Å²) in [6.45, 7) is 2.06. The second-order valence-corrected chi connectivity index (χ2v) is 4.44. The first-order valence-electron chi connectivity index (χ1n) is 5.23. The van der Waals surface area contributed by atoms with E-state index >= 15 is 0 Å². The second kappa shape index (κ2) is 5.05. The lowest BCUT2D eigenvalue weighted by Gasteiger charge is -2.02. The molecule has 4 nitrogen and oxygen atoms in total. The highest BCUT2D eigenvalue weighted by Crippen LogP contribution is 2.28. The average molecular weight is 248 g/mol. The predicted octanol–water partition coefficient (Wildman–Crippen LogP) is 2.55. The fraction of sp³-hybridized carbons (Fsp3) is 0.250. The SMILES string of the molecule is CCc1cnccc1-c1ncc(C(=O)OC)s1. The van der Waals surface area contributed by atoms with Gasteiger partial charge in [0, 0.05) is 18.0 Å². The Hall–Kier alpha value is -1.75. The monoisotopic (exact) mass is 248 g/mol. The number of pyridine rings is 1. The third-order valence-electron chi connectivity index (χ3n) is 2.41. The second-order valence-electron chi connectivity index (χ2n) is 3.41. The number of esters is 1. The molecule has 0 saturated heterocycles. The van der Waals surface area contributed by atoms with E-state index in [0.717, 1.165) is 22.6 Å². The number of nitrogens with zero attached hydrogens (tertiary/aromatic N) is 2. The zero-order chi connectivity index (χ0) is 12.3. The summed E-state index contributed by atoms with van der Waals surface area (Å²) in [6, 6.07) is 1.92. The third-order valence-corrected chi connectivity index (χ3v) is 3.42. The van der Waals surface area contributed by atoms with Crippen LogP contribution in [0.2, 0.25) is 0 Å². The first kappa shape index (κ1) is 11.7. The van der Waals surface area contributed by atoms with E-state index in [9.17, 15) is 4.79 Å². The standard InChI is InChI=1S/C12H12N2O2S/c1-3-8-6-13-5-4-9(8)11-14-7-10(17-11)12(15)16-2/h4-7H,3H2,1-2H3. The molecule has 0 aliphatic carbocycles. The van der Waals surface area contributed by atoms with Gasteiger partial charge in [0.05, 0.1) is 13.3 Å². The summed E-state index contributed by atoms with van der Waals surface area (Å²) in [7, 11) is 1.37. The lowest BCUT2D eigenvalue weighted by molar-refractivity contribution is 0.0606. The molecule has 2 heterocycles. The Morgan fingerprint density at radius 1 is 1.47 bits per heavy atom. The molecular weight excluding hydrogens is 236 g/mol. The van der Waals surface area contributed by atoms with Gasteiger partial charge < -0.3 is 4.74 Å². The summed E-state index contributed by atoms with van der Waals surface area (Å²) < 4.78 is 4.66. The molecule has 0 fully saturated rings. The maximum Gasteiger partial charge on any atom is 0.349 e. The quantitative estimate of drug-likeness (QED) is 0.783. The van der Waals surface area contributed by atoms with E-state index in [-0.39, 0.29) is 5.97 Å². The van der Waals surface area contributed by atoms with Crippen LogP contribution in [0.25, 0.3) is 10.6 Å². The highest BCUT2D eigenvalue weighted by molar-refractivity contribution is 7.16. The highest BCUT2D eigenvalue weighted by atomic mass is 32.1. The molecule has 88 valence electrons. The van der Waals surface area contributed by atoms with Crippen molar-refractivity contribution in [3.63, 3.8) is 0 Å².